The minimum Gasteiger partial charge on any atom is -0.484 e. The number of halogens is 3. The van der Waals surface area contributed by atoms with Crippen molar-refractivity contribution in [2.24, 2.45) is 5.92 Å². The summed E-state index contributed by atoms with van der Waals surface area (Å²) in [7, 11) is -3.96. The van der Waals surface area contributed by atoms with Gasteiger partial charge in [0.25, 0.3) is 5.91 Å². The Labute approximate surface area is 361 Å². The second-order valence-corrected chi connectivity index (χ2v) is 19.3. The van der Waals surface area contributed by atoms with Gasteiger partial charge in [-0.2, -0.15) is 13.2 Å². The van der Waals surface area contributed by atoms with Gasteiger partial charge in [0.2, 0.25) is 21.8 Å². The summed E-state index contributed by atoms with van der Waals surface area (Å²) in [4.78, 5) is 62.6. The molecule has 4 heterocycles. The first kappa shape index (κ1) is 42.6. The number of alkyl carbamates (subject to hydrolysis) is 1. The summed E-state index contributed by atoms with van der Waals surface area (Å²) in [6, 6.07) is 10.9. The van der Waals surface area contributed by atoms with E-state index in [0.717, 1.165) is 44.2 Å². The van der Waals surface area contributed by atoms with E-state index in [1.54, 1.807) is 24.3 Å². The van der Waals surface area contributed by atoms with E-state index in [4.69, 9.17) is 18.9 Å². The molecule has 4 aromatic rings. The number of fused-ring (bicyclic) bond motifs is 5. The van der Waals surface area contributed by atoms with Crippen LogP contribution < -0.4 is 20.1 Å². The van der Waals surface area contributed by atoms with Crippen LogP contribution in [0.15, 0.2) is 71.2 Å². The number of carbonyl (C=O) groups excluding carboxylic acids is 4. The number of para-hydroxylation sites is 1. The average molecular weight is 892 g/mol. The topological polar surface area (TPSA) is 186 Å². The number of alkyl halides is 3. The molecule has 5 aliphatic rings. The number of furan rings is 1. The fraction of sp³-hybridized carbons (Fsp3) is 0.489. The highest BCUT2D eigenvalue weighted by Crippen LogP contribution is 2.46. The van der Waals surface area contributed by atoms with Crippen LogP contribution in [-0.4, -0.2) is 83.7 Å². The fourth-order valence-corrected chi connectivity index (χ4v) is 10.4. The van der Waals surface area contributed by atoms with E-state index in [2.05, 4.69) is 15.4 Å². The number of carbonyl (C=O) groups is 4. The van der Waals surface area contributed by atoms with Gasteiger partial charge in [-0.1, -0.05) is 49.3 Å². The molecule has 2 aromatic heterocycles. The molecule has 4 fully saturated rings. The Balaban J connectivity index is 1.05. The molecular weight excluding hydrogens is 844 g/mol. The third-order valence-electron chi connectivity index (χ3n) is 12.8. The molecule has 2 aliphatic heterocycles. The lowest BCUT2D eigenvalue weighted by Gasteiger charge is -2.30. The SMILES string of the molecule is O=C(N[C@H]1CCCCC/C=C\[C@H]2C[C@@]2(C(=O)NS(=O)(=O)C2CC2)NC(=O)[C@@H]2C[C@@H](Oc3cc(-c4ccc(C(F)(F)F)cc4)nc4c3oc3ccccc34)CN2C1=O)OC1CCCC1. The van der Waals surface area contributed by atoms with Crippen molar-refractivity contribution in [2.45, 2.75) is 125 Å². The van der Waals surface area contributed by atoms with Crippen LogP contribution >= 0.6 is 0 Å². The largest absolute Gasteiger partial charge is 0.484 e. The molecule has 14 nitrogen and oxygen atoms in total. The number of amides is 4. The maximum absolute atomic E-state index is 14.8. The number of aromatic nitrogens is 1. The van der Waals surface area contributed by atoms with E-state index in [-0.39, 0.29) is 48.9 Å². The van der Waals surface area contributed by atoms with Crippen molar-refractivity contribution in [1.29, 1.82) is 0 Å². The van der Waals surface area contributed by atoms with Crippen molar-refractivity contribution in [3.63, 3.8) is 0 Å². The van der Waals surface area contributed by atoms with Crippen LogP contribution in [-0.2, 0) is 35.3 Å². The second kappa shape index (κ2) is 16.8. The molecule has 0 spiro atoms. The van der Waals surface area contributed by atoms with Crippen molar-refractivity contribution in [2.75, 3.05) is 6.54 Å². The Morgan fingerprint density at radius 2 is 1.68 bits per heavy atom. The number of benzene rings is 2. The molecule has 18 heteroatoms. The zero-order chi connectivity index (χ0) is 44.1. The summed E-state index contributed by atoms with van der Waals surface area (Å²) in [5.41, 5.74) is -0.672. The predicted octanol–water partition coefficient (Wildman–Crippen LogP) is 7.06. The van der Waals surface area contributed by atoms with Gasteiger partial charge in [0.05, 0.1) is 23.1 Å². The fourth-order valence-electron chi connectivity index (χ4n) is 9.08. The first-order chi connectivity index (χ1) is 30.2. The van der Waals surface area contributed by atoms with Crippen LogP contribution in [0.2, 0.25) is 0 Å². The van der Waals surface area contributed by atoms with Gasteiger partial charge in [0, 0.05) is 29.4 Å². The van der Waals surface area contributed by atoms with E-state index in [1.165, 1.54) is 23.1 Å². The maximum atomic E-state index is 14.8. The Kier molecular flexibility index (Phi) is 11.4. The number of rotatable bonds is 8. The van der Waals surface area contributed by atoms with Crippen LogP contribution in [0.25, 0.3) is 33.3 Å². The molecule has 0 bridgehead atoms. The molecule has 2 aromatic carbocycles. The van der Waals surface area contributed by atoms with Crippen molar-refractivity contribution in [1.82, 2.24) is 25.2 Å². The van der Waals surface area contributed by atoms with Gasteiger partial charge in [0.15, 0.2) is 11.3 Å². The van der Waals surface area contributed by atoms with Crippen LogP contribution in [0.1, 0.15) is 89.0 Å². The Hall–Kier alpha value is -5.65. The van der Waals surface area contributed by atoms with Gasteiger partial charge in [0.1, 0.15) is 40.9 Å². The third-order valence-corrected chi connectivity index (χ3v) is 14.6. The Morgan fingerprint density at radius 3 is 2.43 bits per heavy atom. The predicted molar refractivity (Wildman–Crippen MR) is 223 cm³/mol. The molecule has 334 valence electrons. The molecule has 0 radical (unpaired) electrons. The molecule has 3 N–H and O–H groups in total. The van der Waals surface area contributed by atoms with Crippen molar-refractivity contribution in [3.8, 4) is 17.0 Å². The number of nitrogens with zero attached hydrogens (tertiary/aromatic N) is 2. The van der Waals surface area contributed by atoms with Gasteiger partial charge in [-0.15, -0.1) is 0 Å². The van der Waals surface area contributed by atoms with Gasteiger partial charge in [-0.05, 0) is 88.5 Å². The minimum absolute atomic E-state index is 0.0882. The number of nitrogens with one attached hydrogen (secondary N) is 3. The van der Waals surface area contributed by atoms with Gasteiger partial charge >= 0.3 is 12.3 Å². The quantitative estimate of drug-likeness (QED) is 0.155. The van der Waals surface area contributed by atoms with Crippen molar-refractivity contribution in [3.05, 3.63) is 72.3 Å². The minimum atomic E-state index is -4.55. The highest BCUT2D eigenvalue weighted by atomic mass is 32.2. The zero-order valence-corrected chi connectivity index (χ0v) is 35.1. The molecule has 4 amide bonds. The number of ether oxygens (including phenoxy) is 2. The lowest BCUT2D eigenvalue weighted by Crippen LogP contribution is -2.58. The highest BCUT2D eigenvalue weighted by Gasteiger charge is 2.62. The summed E-state index contributed by atoms with van der Waals surface area (Å²) in [5, 5.41) is 5.58. The number of hydrogen-bond donors (Lipinski definition) is 3. The van der Waals surface area contributed by atoms with Crippen molar-refractivity contribution < 1.29 is 54.7 Å². The molecule has 3 saturated carbocycles. The van der Waals surface area contributed by atoms with E-state index >= 15 is 0 Å². The van der Waals surface area contributed by atoms with E-state index in [1.807, 2.05) is 12.2 Å². The molecule has 3 aliphatic carbocycles. The number of pyridine rings is 1. The van der Waals surface area contributed by atoms with E-state index < -0.39 is 80.5 Å². The molecule has 1 saturated heterocycles. The Bertz CT molecular complexity index is 2570. The smallest absolute Gasteiger partial charge is 0.416 e. The summed E-state index contributed by atoms with van der Waals surface area (Å²) in [5.74, 6) is -2.45. The normalized spacial score (nSPS) is 26.6. The molecule has 0 unspecified atom stereocenters. The van der Waals surface area contributed by atoms with Crippen LogP contribution in [0.5, 0.6) is 5.75 Å². The molecule has 9 rings (SSSR count). The maximum Gasteiger partial charge on any atom is 0.416 e. The summed E-state index contributed by atoms with van der Waals surface area (Å²) >= 11 is 0. The molecule has 5 atom stereocenters. The zero-order valence-electron chi connectivity index (χ0n) is 34.3. The Morgan fingerprint density at radius 1 is 0.937 bits per heavy atom. The highest BCUT2D eigenvalue weighted by molar-refractivity contribution is 7.91. The standard InChI is InChI=1S/C45H48F3N5O9S/c46-45(47,48)27-18-16-26(17-19-27)34-23-37(39-38(49-34)32-13-8-9-15-36(32)62-39)60-30-22-35-40(54)51-44(42(56)52-63(58,59)31-20-21-31)24-28(44)10-4-2-1-3-5-14-33(41(55)53(35)25-30)50-43(57)61-29-11-6-7-12-29/h4,8-10,13,15-19,23,28-31,33,35H,1-3,5-7,11-12,14,20-22,24-25H2,(H,50,57)(H,51,54)(H,52,56)/b10-4-/t28-,30+,33-,35-,44+/m0/s1. The van der Waals surface area contributed by atoms with Crippen molar-refractivity contribution >= 4 is 55.9 Å². The number of hydrogen-bond acceptors (Lipinski definition) is 10. The van der Waals surface area contributed by atoms with Gasteiger partial charge < -0.3 is 29.4 Å². The average Bonchev–Trinajstić information content (AvgIpc) is 4.06. The number of allylic oxidation sites excluding steroid dienone is 1. The third kappa shape index (κ3) is 8.95. The molecule has 63 heavy (non-hydrogen) atoms. The number of sulfonamides is 1. The lowest BCUT2D eigenvalue weighted by molar-refractivity contribution is -0.141. The van der Waals surface area contributed by atoms with Crippen LogP contribution in [0.4, 0.5) is 18.0 Å². The molecular formula is C45H48F3N5O9S. The van der Waals surface area contributed by atoms with Crippen LogP contribution in [0.3, 0.4) is 0 Å². The summed E-state index contributed by atoms with van der Waals surface area (Å²) in [6.45, 7) is -0.148. The lowest BCUT2D eigenvalue weighted by atomic mass is 10.0. The summed E-state index contributed by atoms with van der Waals surface area (Å²) in [6.07, 6.45) is 4.47. The summed E-state index contributed by atoms with van der Waals surface area (Å²) < 4.78 is 87.1. The van der Waals surface area contributed by atoms with Crippen LogP contribution in [0, 0.1) is 5.92 Å². The van der Waals surface area contributed by atoms with E-state index in [9.17, 15) is 40.8 Å². The van der Waals surface area contributed by atoms with Gasteiger partial charge in [-0.25, -0.2) is 18.2 Å². The second-order valence-electron chi connectivity index (χ2n) is 17.4. The monoisotopic (exact) mass is 891 g/mol. The van der Waals surface area contributed by atoms with E-state index in [0.29, 0.717) is 54.2 Å². The first-order valence-corrected chi connectivity index (χ1v) is 23.2. The first-order valence-electron chi connectivity index (χ1n) is 21.7. The van der Waals surface area contributed by atoms with Gasteiger partial charge in [-0.3, -0.25) is 19.1 Å².